The van der Waals surface area contributed by atoms with Gasteiger partial charge in [-0.15, -0.1) is 11.3 Å². The molecule has 0 saturated heterocycles. The summed E-state index contributed by atoms with van der Waals surface area (Å²) in [7, 11) is 0. The van der Waals surface area contributed by atoms with Crippen LogP contribution in [0.4, 0.5) is 0 Å². The fourth-order valence-electron chi connectivity index (χ4n) is 4.02. The third-order valence-corrected chi connectivity index (χ3v) is 7.58. The molecule has 0 radical (unpaired) electrons. The molecular formula is C17H26BrNS. The van der Waals surface area contributed by atoms with Crippen molar-refractivity contribution in [1.29, 1.82) is 0 Å². The first kappa shape index (κ1) is 15.1. The zero-order chi connectivity index (χ0) is 14.0. The predicted octanol–water partition coefficient (Wildman–Crippen LogP) is 5.40. The fraction of sp³-hybridized carbons (Fsp3) is 0.765. The quantitative estimate of drug-likeness (QED) is 0.518. The number of alkyl halides is 1. The number of nitrogens with zero attached hydrogens (tertiary/aromatic N) is 1. The SMILES string of the molecule is CC1c2ccsc2CCN1CC1(CBr)CCCCCC1. The van der Waals surface area contributed by atoms with Crippen LogP contribution in [0, 0.1) is 5.41 Å². The van der Waals surface area contributed by atoms with Crippen LogP contribution in [-0.4, -0.2) is 23.3 Å². The topological polar surface area (TPSA) is 3.24 Å². The predicted molar refractivity (Wildman–Crippen MR) is 91.9 cm³/mol. The minimum absolute atomic E-state index is 0.526. The highest BCUT2D eigenvalue weighted by atomic mass is 79.9. The summed E-state index contributed by atoms with van der Waals surface area (Å²) in [5, 5.41) is 3.45. The molecule has 0 spiro atoms. The van der Waals surface area contributed by atoms with Crippen LogP contribution in [-0.2, 0) is 6.42 Å². The highest BCUT2D eigenvalue weighted by Crippen LogP contribution is 2.41. The summed E-state index contributed by atoms with van der Waals surface area (Å²) in [5.41, 5.74) is 2.12. The average Bonchev–Trinajstić information content (AvgIpc) is 2.83. The highest BCUT2D eigenvalue weighted by molar-refractivity contribution is 9.09. The van der Waals surface area contributed by atoms with Gasteiger partial charge in [0.2, 0.25) is 0 Å². The van der Waals surface area contributed by atoms with E-state index in [1.165, 1.54) is 63.4 Å². The second-order valence-corrected chi connectivity index (χ2v) is 8.30. The molecule has 0 N–H and O–H groups in total. The Morgan fingerprint density at radius 3 is 2.75 bits per heavy atom. The van der Waals surface area contributed by atoms with Gasteiger partial charge in [0.25, 0.3) is 0 Å². The maximum atomic E-state index is 3.85. The molecule has 3 rings (SSSR count). The second-order valence-electron chi connectivity index (χ2n) is 6.74. The highest BCUT2D eigenvalue weighted by Gasteiger charge is 2.35. The van der Waals surface area contributed by atoms with Crippen molar-refractivity contribution in [1.82, 2.24) is 4.90 Å². The van der Waals surface area contributed by atoms with Crippen molar-refractivity contribution < 1.29 is 0 Å². The van der Waals surface area contributed by atoms with Crippen molar-refractivity contribution in [2.75, 3.05) is 18.4 Å². The molecule has 0 aromatic carbocycles. The van der Waals surface area contributed by atoms with Gasteiger partial charge in [-0.05, 0) is 48.6 Å². The molecule has 1 atom stereocenters. The van der Waals surface area contributed by atoms with E-state index in [1.807, 2.05) is 11.3 Å². The van der Waals surface area contributed by atoms with Gasteiger partial charge in [0.15, 0.2) is 0 Å². The summed E-state index contributed by atoms with van der Waals surface area (Å²) in [6.07, 6.45) is 9.83. The molecule has 1 aromatic rings. The van der Waals surface area contributed by atoms with Gasteiger partial charge in [-0.25, -0.2) is 0 Å². The molecule has 0 bridgehead atoms. The largest absolute Gasteiger partial charge is 0.296 e. The molecule has 2 aliphatic rings. The monoisotopic (exact) mass is 355 g/mol. The molecule has 0 amide bonds. The third kappa shape index (κ3) is 3.00. The average molecular weight is 356 g/mol. The van der Waals surface area contributed by atoms with Crippen LogP contribution in [0.2, 0.25) is 0 Å². The summed E-state index contributed by atoms with van der Waals surface area (Å²) in [4.78, 5) is 4.38. The molecule has 1 aromatic heterocycles. The number of halogens is 1. The Morgan fingerprint density at radius 1 is 1.30 bits per heavy atom. The van der Waals surface area contributed by atoms with E-state index in [-0.39, 0.29) is 0 Å². The van der Waals surface area contributed by atoms with E-state index in [2.05, 4.69) is 39.2 Å². The minimum Gasteiger partial charge on any atom is -0.296 e. The van der Waals surface area contributed by atoms with Crippen molar-refractivity contribution in [2.45, 2.75) is 57.9 Å². The summed E-state index contributed by atoms with van der Waals surface area (Å²) in [6, 6.07) is 2.97. The van der Waals surface area contributed by atoms with Gasteiger partial charge >= 0.3 is 0 Å². The van der Waals surface area contributed by atoms with Crippen molar-refractivity contribution in [3.8, 4) is 0 Å². The fourth-order valence-corrected chi connectivity index (χ4v) is 5.72. The molecule has 1 fully saturated rings. The normalized spacial score (nSPS) is 27.0. The lowest BCUT2D eigenvalue weighted by atomic mass is 9.81. The van der Waals surface area contributed by atoms with Crippen molar-refractivity contribution in [2.24, 2.45) is 5.41 Å². The Kier molecular flexibility index (Phi) is 4.89. The maximum absolute atomic E-state index is 3.85. The number of thiophene rings is 1. The van der Waals surface area contributed by atoms with Crippen LogP contribution in [0.5, 0.6) is 0 Å². The summed E-state index contributed by atoms with van der Waals surface area (Å²) in [5.74, 6) is 0. The van der Waals surface area contributed by atoms with Gasteiger partial charge in [0.05, 0.1) is 0 Å². The molecule has 1 nitrogen and oxygen atoms in total. The van der Waals surface area contributed by atoms with Gasteiger partial charge < -0.3 is 0 Å². The summed E-state index contributed by atoms with van der Waals surface area (Å²) in [6.45, 7) is 4.95. The molecule has 1 aliphatic carbocycles. The van der Waals surface area contributed by atoms with Crippen LogP contribution >= 0.6 is 27.3 Å². The standard InChI is InChI=1S/C17H26BrNS/c1-14-15-7-11-20-16(15)6-10-19(14)13-17(12-18)8-4-2-3-5-9-17/h7,11,14H,2-6,8-10,12-13H2,1H3. The third-order valence-electron chi connectivity index (χ3n) is 5.39. The number of rotatable bonds is 3. The molecule has 1 aliphatic heterocycles. The molecule has 1 unspecified atom stereocenters. The molecule has 112 valence electrons. The molecule has 3 heteroatoms. The molecule has 2 heterocycles. The van der Waals surface area contributed by atoms with Gasteiger partial charge in [0, 0.05) is 29.3 Å². The molecule has 20 heavy (non-hydrogen) atoms. The Balaban J connectivity index is 1.73. The van der Waals surface area contributed by atoms with Crippen LogP contribution in [0.15, 0.2) is 11.4 Å². The van der Waals surface area contributed by atoms with E-state index < -0.39 is 0 Å². The zero-order valence-electron chi connectivity index (χ0n) is 12.5. The summed E-state index contributed by atoms with van der Waals surface area (Å²) >= 11 is 5.80. The lowest BCUT2D eigenvalue weighted by molar-refractivity contribution is 0.111. The molecule has 1 saturated carbocycles. The number of fused-ring (bicyclic) bond motifs is 1. The zero-order valence-corrected chi connectivity index (χ0v) is 14.9. The minimum atomic E-state index is 0.526. The van der Waals surface area contributed by atoms with Crippen LogP contribution in [0.3, 0.4) is 0 Å². The van der Waals surface area contributed by atoms with Crippen molar-refractivity contribution >= 4 is 27.3 Å². The van der Waals surface area contributed by atoms with Crippen LogP contribution in [0.1, 0.15) is 61.9 Å². The number of hydrogen-bond donors (Lipinski definition) is 0. The summed E-state index contributed by atoms with van der Waals surface area (Å²) < 4.78 is 0. The van der Waals surface area contributed by atoms with E-state index in [0.29, 0.717) is 11.5 Å². The van der Waals surface area contributed by atoms with Crippen molar-refractivity contribution in [3.63, 3.8) is 0 Å². The Labute approximate surface area is 135 Å². The lowest BCUT2D eigenvalue weighted by Crippen LogP contribution is -2.43. The Bertz CT molecular complexity index is 434. The van der Waals surface area contributed by atoms with E-state index in [9.17, 15) is 0 Å². The molecular weight excluding hydrogens is 330 g/mol. The maximum Gasteiger partial charge on any atom is 0.0331 e. The van der Waals surface area contributed by atoms with Gasteiger partial charge in [-0.2, -0.15) is 0 Å². The van der Waals surface area contributed by atoms with E-state index >= 15 is 0 Å². The lowest BCUT2D eigenvalue weighted by Gasteiger charge is -2.41. The Hall–Kier alpha value is 0.140. The van der Waals surface area contributed by atoms with Crippen LogP contribution in [0.25, 0.3) is 0 Å². The van der Waals surface area contributed by atoms with E-state index in [0.717, 1.165) is 0 Å². The first-order valence-electron chi connectivity index (χ1n) is 8.10. The van der Waals surface area contributed by atoms with E-state index in [1.54, 1.807) is 10.4 Å². The first-order valence-corrected chi connectivity index (χ1v) is 10.1. The van der Waals surface area contributed by atoms with Crippen molar-refractivity contribution in [3.05, 3.63) is 21.9 Å². The second kappa shape index (κ2) is 6.50. The van der Waals surface area contributed by atoms with Gasteiger partial charge in [0.1, 0.15) is 0 Å². The van der Waals surface area contributed by atoms with Crippen LogP contribution < -0.4 is 0 Å². The smallest absolute Gasteiger partial charge is 0.0331 e. The van der Waals surface area contributed by atoms with Gasteiger partial charge in [-0.1, -0.05) is 41.6 Å². The first-order chi connectivity index (χ1) is 9.74. The van der Waals surface area contributed by atoms with E-state index in [4.69, 9.17) is 0 Å². The van der Waals surface area contributed by atoms with Gasteiger partial charge in [-0.3, -0.25) is 4.90 Å². The number of hydrogen-bond acceptors (Lipinski definition) is 2. The Morgan fingerprint density at radius 2 is 2.05 bits per heavy atom.